The third-order valence-corrected chi connectivity index (χ3v) is 5.24. The van der Waals surface area contributed by atoms with Crippen LogP contribution in [0.3, 0.4) is 0 Å². The van der Waals surface area contributed by atoms with Crippen molar-refractivity contribution in [2.45, 2.75) is 52.0 Å². The van der Waals surface area contributed by atoms with Crippen LogP contribution < -0.4 is 5.32 Å². The molecule has 1 aliphatic rings. The normalized spacial score (nSPS) is 16.0. The van der Waals surface area contributed by atoms with Crippen LogP contribution in [0, 0.1) is 12.8 Å². The van der Waals surface area contributed by atoms with E-state index in [9.17, 15) is 9.59 Å². The van der Waals surface area contributed by atoms with Crippen LogP contribution >= 0.6 is 0 Å². The molecule has 1 fully saturated rings. The average molecular weight is 384 g/mol. The lowest BCUT2D eigenvalue weighted by Gasteiger charge is -2.32. The van der Waals surface area contributed by atoms with Crippen LogP contribution in [0.15, 0.2) is 34.9 Å². The van der Waals surface area contributed by atoms with E-state index in [4.69, 9.17) is 4.52 Å². The van der Waals surface area contributed by atoms with Gasteiger partial charge in [-0.1, -0.05) is 35.5 Å². The number of rotatable bonds is 7. The molecule has 2 aromatic rings. The fourth-order valence-corrected chi connectivity index (χ4v) is 3.59. The highest BCUT2D eigenvalue weighted by molar-refractivity contribution is 5.77. The largest absolute Gasteiger partial charge is 0.350 e. The SMILES string of the molecule is Cc1noc(CCC(=O)N2CCC(CC(=O)NC(C)c3ccccc3)CC2)n1. The molecule has 150 valence electrons. The lowest BCUT2D eigenvalue weighted by Crippen LogP contribution is -2.40. The minimum absolute atomic E-state index is 0.00343. The average Bonchev–Trinajstić information content (AvgIpc) is 3.12. The molecule has 0 radical (unpaired) electrons. The number of hydrogen-bond acceptors (Lipinski definition) is 5. The summed E-state index contributed by atoms with van der Waals surface area (Å²) < 4.78 is 5.05. The molecule has 1 unspecified atom stereocenters. The predicted octanol–water partition coefficient (Wildman–Crippen LogP) is 2.82. The van der Waals surface area contributed by atoms with Crippen molar-refractivity contribution in [1.29, 1.82) is 0 Å². The second kappa shape index (κ2) is 9.48. The summed E-state index contributed by atoms with van der Waals surface area (Å²) in [6.45, 7) is 5.16. The lowest BCUT2D eigenvalue weighted by atomic mass is 9.92. The Balaban J connectivity index is 1.37. The van der Waals surface area contributed by atoms with Crippen molar-refractivity contribution < 1.29 is 14.1 Å². The summed E-state index contributed by atoms with van der Waals surface area (Å²) in [6.07, 6.45) is 3.08. The number of aryl methyl sites for hydroxylation is 2. The topological polar surface area (TPSA) is 88.3 Å². The van der Waals surface area contributed by atoms with Crippen molar-refractivity contribution >= 4 is 11.8 Å². The van der Waals surface area contributed by atoms with Crippen molar-refractivity contribution in [2.24, 2.45) is 5.92 Å². The second-order valence-electron chi connectivity index (χ2n) is 7.46. The number of nitrogens with one attached hydrogen (secondary N) is 1. The van der Waals surface area contributed by atoms with Crippen molar-refractivity contribution in [3.05, 3.63) is 47.6 Å². The number of piperidine rings is 1. The summed E-state index contributed by atoms with van der Waals surface area (Å²) in [5, 5.41) is 6.81. The molecule has 1 atom stereocenters. The van der Waals surface area contributed by atoms with E-state index in [1.165, 1.54) is 0 Å². The Morgan fingerprint density at radius 2 is 1.96 bits per heavy atom. The molecular weight excluding hydrogens is 356 g/mol. The van der Waals surface area contributed by atoms with Crippen LogP contribution in [0.1, 0.15) is 55.9 Å². The van der Waals surface area contributed by atoms with Crippen LogP contribution in [0.4, 0.5) is 0 Å². The van der Waals surface area contributed by atoms with Gasteiger partial charge in [0.05, 0.1) is 6.04 Å². The zero-order valence-corrected chi connectivity index (χ0v) is 16.6. The number of hydrogen-bond donors (Lipinski definition) is 1. The van der Waals surface area contributed by atoms with Gasteiger partial charge in [-0.15, -0.1) is 0 Å². The van der Waals surface area contributed by atoms with Gasteiger partial charge in [-0.05, 0) is 38.2 Å². The van der Waals surface area contributed by atoms with Crippen molar-refractivity contribution in [1.82, 2.24) is 20.4 Å². The van der Waals surface area contributed by atoms with E-state index in [0.29, 0.717) is 50.0 Å². The molecular formula is C21H28N4O3. The maximum Gasteiger partial charge on any atom is 0.227 e. The maximum atomic E-state index is 12.4. The standard InChI is InChI=1S/C21H28N4O3/c1-15(18-6-4-3-5-7-18)22-19(26)14-17-10-12-25(13-11-17)21(27)9-8-20-23-16(2)24-28-20/h3-7,15,17H,8-14H2,1-2H3,(H,22,26). The molecule has 1 saturated heterocycles. The Labute approximate surface area is 165 Å². The van der Waals surface area contributed by atoms with Crippen LogP contribution in [0.25, 0.3) is 0 Å². The number of amides is 2. The first-order valence-electron chi connectivity index (χ1n) is 9.92. The minimum Gasteiger partial charge on any atom is -0.350 e. The Kier molecular flexibility index (Phi) is 6.79. The van der Waals surface area contributed by atoms with E-state index in [1.807, 2.05) is 42.2 Å². The highest BCUT2D eigenvalue weighted by Crippen LogP contribution is 2.22. The van der Waals surface area contributed by atoms with Gasteiger partial charge in [-0.2, -0.15) is 4.98 Å². The second-order valence-corrected chi connectivity index (χ2v) is 7.46. The van der Waals surface area contributed by atoms with Gasteiger partial charge >= 0.3 is 0 Å². The Bertz CT molecular complexity index is 782. The molecule has 1 aliphatic heterocycles. The summed E-state index contributed by atoms with van der Waals surface area (Å²) >= 11 is 0. The maximum absolute atomic E-state index is 12.4. The van der Waals surface area contributed by atoms with Gasteiger partial charge in [-0.3, -0.25) is 9.59 Å². The highest BCUT2D eigenvalue weighted by atomic mass is 16.5. The number of aromatic nitrogens is 2. The Morgan fingerprint density at radius 1 is 1.25 bits per heavy atom. The molecule has 7 nitrogen and oxygen atoms in total. The van der Waals surface area contributed by atoms with Gasteiger partial charge < -0.3 is 14.7 Å². The van der Waals surface area contributed by atoms with Gasteiger partial charge in [0.15, 0.2) is 5.82 Å². The number of carbonyl (C=O) groups excluding carboxylic acids is 2. The van der Waals surface area contributed by atoms with Crippen molar-refractivity contribution in [2.75, 3.05) is 13.1 Å². The molecule has 0 spiro atoms. The summed E-state index contributed by atoms with van der Waals surface area (Å²) in [7, 11) is 0. The lowest BCUT2D eigenvalue weighted by molar-refractivity contribution is -0.132. The molecule has 2 heterocycles. The molecule has 0 aliphatic carbocycles. The first kappa shape index (κ1) is 20.0. The van der Waals surface area contributed by atoms with Crippen molar-refractivity contribution in [3.63, 3.8) is 0 Å². The van der Waals surface area contributed by atoms with E-state index >= 15 is 0 Å². The fraction of sp³-hybridized carbons (Fsp3) is 0.524. The van der Waals surface area contributed by atoms with Gasteiger partial charge in [0, 0.05) is 32.4 Å². The Hall–Kier alpha value is -2.70. The molecule has 7 heteroatoms. The fourth-order valence-electron chi connectivity index (χ4n) is 3.59. The van der Waals surface area contributed by atoms with Gasteiger partial charge in [0.25, 0.3) is 0 Å². The van der Waals surface area contributed by atoms with Crippen LogP contribution in [0.2, 0.25) is 0 Å². The third-order valence-electron chi connectivity index (χ3n) is 5.24. The first-order valence-corrected chi connectivity index (χ1v) is 9.92. The van der Waals surface area contributed by atoms with Gasteiger partial charge in [0.1, 0.15) is 0 Å². The summed E-state index contributed by atoms with van der Waals surface area (Å²) in [4.78, 5) is 30.7. The van der Waals surface area contributed by atoms with Crippen LogP contribution in [-0.2, 0) is 16.0 Å². The number of nitrogens with zero attached hydrogens (tertiary/aromatic N) is 3. The monoisotopic (exact) mass is 384 g/mol. The van der Waals surface area contributed by atoms with E-state index in [0.717, 1.165) is 18.4 Å². The number of likely N-dealkylation sites (tertiary alicyclic amines) is 1. The zero-order chi connectivity index (χ0) is 19.9. The highest BCUT2D eigenvalue weighted by Gasteiger charge is 2.25. The van der Waals surface area contributed by atoms with Crippen LogP contribution in [0.5, 0.6) is 0 Å². The molecule has 1 N–H and O–H groups in total. The van der Waals surface area contributed by atoms with Crippen LogP contribution in [-0.4, -0.2) is 39.9 Å². The molecule has 3 rings (SSSR count). The predicted molar refractivity (Wildman–Crippen MR) is 104 cm³/mol. The first-order chi connectivity index (χ1) is 13.5. The van der Waals surface area contributed by atoms with E-state index in [-0.39, 0.29) is 17.9 Å². The Morgan fingerprint density at radius 3 is 2.61 bits per heavy atom. The van der Waals surface area contributed by atoms with Gasteiger partial charge in [-0.25, -0.2) is 0 Å². The number of carbonyl (C=O) groups is 2. The molecule has 1 aromatic heterocycles. The van der Waals surface area contributed by atoms with E-state index in [1.54, 1.807) is 6.92 Å². The van der Waals surface area contributed by atoms with Gasteiger partial charge in [0.2, 0.25) is 17.7 Å². The molecule has 0 saturated carbocycles. The van der Waals surface area contributed by atoms with E-state index < -0.39 is 0 Å². The minimum atomic E-state index is 0.00343. The van der Waals surface area contributed by atoms with E-state index in [2.05, 4.69) is 15.5 Å². The number of benzene rings is 1. The smallest absolute Gasteiger partial charge is 0.227 e. The molecule has 28 heavy (non-hydrogen) atoms. The van der Waals surface area contributed by atoms with Crippen molar-refractivity contribution in [3.8, 4) is 0 Å². The quantitative estimate of drug-likeness (QED) is 0.793. The molecule has 1 aromatic carbocycles. The summed E-state index contributed by atoms with van der Waals surface area (Å²) in [5.74, 6) is 1.60. The summed E-state index contributed by atoms with van der Waals surface area (Å²) in [5.41, 5.74) is 1.10. The third kappa shape index (κ3) is 5.65. The summed E-state index contributed by atoms with van der Waals surface area (Å²) in [6, 6.07) is 9.96. The molecule has 0 bridgehead atoms. The molecule has 2 amide bonds. The zero-order valence-electron chi connectivity index (χ0n) is 16.6.